The molecule has 0 aliphatic heterocycles. The Morgan fingerprint density at radius 2 is 1.66 bits per heavy atom. The fourth-order valence-electron chi connectivity index (χ4n) is 3.02. The highest BCUT2D eigenvalue weighted by atomic mass is 35.5. The van der Waals surface area contributed by atoms with E-state index in [1.165, 1.54) is 5.56 Å². The van der Waals surface area contributed by atoms with Crippen LogP contribution < -0.4 is 5.32 Å². The zero-order chi connectivity index (χ0) is 21.2. The molecular formula is C23H29ClN2O2S. The van der Waals surface area contributed by atoms with Gasteiger partial charge in [-0.2, -0.15) is 0 Å². The summed E-state index contributed by atoms with van der Waals surface area (Å²) in [6.45, 7) is 6.84. The summed E-state index contributed by atoms with van der Waals surface area (Å²) in [6.07, 6.45) is 0.575. The maximum atomic E-state index is 13.1. The Morgan fingerprint density at radius 1 is 1.03 bits per heavy atom. The van der Waals surface area contributed by atoms with Gasteiger partial charge < -0.3 is 10.2 Å². The minimum absolute atomic E-state index is 0.0253. The molecule has 1 atom stereocenters. The van der Waals surface area contributed by atoms with E-state index >= 15 is 0 Å². The van der Waals surface area contributed by atoms with Crippen LogP contribution in [0.3, 0.4) is 0 Å². The van der Waals surface area contributed by atoms with Gasteiger partial charge in [-0.3, -0.25) is 9.59 Å². The van der Waals surface area contributed by atoms with Crippen LogP contribution in [0.1, 0.15) is 37.0 Å². The lowest BCUT2D eigenvalue weighted by molar-refractivity contribution is -0.139. The van der Waals surface area contributed by atoms with Crippen molar-refractivity contribution in [3.8, 4) is 0 Å². The molecule has 29 heavy (non-hydrogen) atoms. The first-order valence-electron chi connectivity index (χ1n) is 9.89. The van der Waals surface area contributed by atoms with Gasteiger partial charge in [-0.1, -0.05) is 60.5 Å². The Bertz CT molecular complexity index is 794. The SMILES string of the molecule is CCNC(=O)C(CC)N(Cc1ccc(C)cc1)C(=O)CSCc1ccc(Cl)cc1. The summed E-state index contributed by atoms with van der Waals surface area (Å²) in [6, 6.07) is 15.2. The second-order valence-electron chi connectivity index (χ2n) is 6.95. The number of thioether (sulfide) groups is 1. The lowest BCUT2D eigenvalue weighted by Crippen LogP contribution is -2.49. The summed E-state index contributed by atoms with van der Waals surface area (Å²) in [5, 5.41) is 3.56. The summed E-state index contributed by atoms with van der Waals surface area (Å²) in [5.41, 5.74) is 3.31. The van der Waals surface area contributed by atoms with Gasteiger partial charge in [0.1, 0.15) is 6.04 Å². The van der Waals surface area contributed by atoms with Gasteiger partial charge in [0.2, 0.25) is 11.8 Å². The molecule has 0 bridgehead atoms. The molecule has 0 aliphatic carbocycles. The molecule has 6 heteroatoms. The maximum Gasteiger partial charge on any atom is 0.242 e. The van der Waals surface area contributed by atoms with Crippen LogP contribution in [0.4, 0.5) is 0 Å². The van der Waals surface area contributed by atoms with E-state index < -0.39 is 6.04 Å². The quantitative estimate of drug-likeness (QED) is 0.585. The normalized spacial score (nSPS) is 11.7. The molecule has 0 aromatic heterocycles. The molecule has 2 aromatic carbocycles. The van der Waals surface area contributed by atoms with Crippen molar-refractivity contribution in [1.29, 1.82) is 0 Å². The summed E-state index contributed by atoms with van der Waals surface area (Å²) in [4.78, 5) is 27.4. The van der Waals surface area contributed by atoms with Gasteiger partial charge in [0.15, 0.2) is 0 Å². The van der Waals surface area contributed by atoms with Crippen LogP contribution in [-0.4, -0.2) is 35.1 Å². The van der Waals surface area contributed by atoms with Gasteiger partial charge >= 0.3 is 0 Å². The fourth-order valence-corrected chi connectivity index (χ4v) is 4.02. The topological polar surface area (TPSA) is 49.4 Å². The molecule has 0 saturated heterocycles. The Balaban J connectivity index is 2.08. The predicted octanol–water partition coefficient (Wildman–Crippen LogP) is 4.83. The molecule has 0 saturated carbocycles. The van der Waals surface area contributed by atoms with Gasteiger partial charge in [-0.05, 0) is 43.5 Å². The molecule has 0 fully saturated rings. The minimum atomic E-state index is -0.472. The fraction of sp³-hybridized carbons (Fsp3) is 0.391. The van der Waals surface area contributed by atoms with Crippen molar-refractivity contribution >= 4 is 35.2 Å². The van der Waals surface area contributed by atoms with Crippen molar-refractivity contribution in [2.45, 2.75) is 45.5 Å². The predicted molar refractivity (Wildman–Crippen MR) is 122 cm³/mol. The molecule has 156 valence electrons. The first-order chi connectivity index (χ1) is 13.9. The van der Waals surface area contributed by atoms with Crippen LogP contribution in [0.15, 0.2) is 48.5 Å². The number of nitrogens with zero attached hydrogens (tertiary/aromatic N) is 1. The number of nitrogens with one attached hydrogen (secondary N) is 1. The number of halogens is 1. The highest BCUT2D eigenvalue weighted by Crippen LogP contribution is 2.19. The van der Waals surface area contributed by atoms with Gasteiger partial charge in [-0.15, -0.1) is 11.8 Å². The zero-order valence-electron chi connectivity index (χ0n) is 17.3. The molecule has 2 rings (SSSR count). The second kappa shape index (κ2) is 11.9. The van der Waals surface area contributed by atoms with E-state index in [2.05, 4.69) is 5.32 Å². The molecule has 4 nitrogen and oxygen atoms in total. The van der Waals surface area contributed by atoms with Crippen molar-refractivity contribution in [3.63, 3.8) is 0 Å². The molecule has 2 amide bonds. The van der Waals surface area contributed by atoms with Crippen LogP contribution in [-0.2, 0) is 21.9 Å². The average Bonchev–Trinajstić information content (AvgIpc) is 2.71. The molecular weight excluding hydrogens is 404 g/mol. The number of rotatable bonds is 10. The third-order valence-corrected chi connectivity index (χ3v) is 5.86. The third kappa shape index (κ3) is 7.41. The van der Waals surface area contributed by atoms with Crippen molar-refractivity contribution in [3.05, 3.63) is 70.2 Å². The minimum Gasteiger partial charge on any atom is -0.355 e. The summed E-state index contributed by atoms with van der Waals surface area (Å²) in [7, 11) is 0. The van der Waals surface area contributed by atoms with E-state index in [1.807, 2.05) is 69.3 Å². The van der Waals surface area contributed by atoms with Gasteiger partial charge in [0.05, 0.1) is 5.75 Å². The first-order valence-corrected chi connectivity index (χ1v) is 11.4. The molecule has 2 aromatic rings. The molecule has 1 N–H and O–H groups in total. The largest absolute Gasteiger partial charge is 0.355 e. The summed E-state index contributed by atoms with van der Waals surface area (Å²) >= 11 is 7.47. The Labute approximate surface area is 183 Å². The van der Waals surface area contributed by atoms with E-state index in [-0.39, 0.29) is 11.8 Å². The molecule has 0 spiro atoms. The Kier molecular flexibility index (Phi) is 9.55. The van der Waals surface area contributed by atoms with E-state index in [0.717, 1.165) is 16.9 Å². The smallest absolute Gasteiger partial charge is 0.242 e. The van der Waals surface area contributed by atoms with Crippen LogP contribution in [0.5, 0.6) is 0 Å². The monoisotopic (exact) mass is 432 g/mol. The number of carbonyl (C=O) groups is 2. The highest BCUT2D eigenvalue weighted by molar-refractivity contribution is 7.99. The lowest BCUT2D eigenvalue weighted by Gasteiger charge is -2.30. The first kappa shape index (κ1) is 23.3. The average molecular weight is 433 g/mol. The molecule has 0 heterocycles. The summed E-state index contributed by atoms with van der Waals surface area (Å²) < 4.78 is 0. The zero-order valence-corrected chi connectivity index (χ0v) is 18.9. The molecule has 1 unspecified atom stereocenters. The highest BCUT2D eigenvalue weighted by Gasteiger charge is 2.28. The van der Waals surface area contributed by atoms with Gasteiger partial charge in [-0.25, -0.2) is 0 Å². The number of hydrogen-bond acceptors (Lipinski definition) is 3. The van der Waals surface area contributed by atoms with E-state index in [0.29, 0.717) is 30.3 Å². The van der Waals surface area contributed by atoms with Crippen molar-refractivity contribution < 1.29 is 9.59 Å². The second-order valence-corrected chi connectivity index (χ2v) is 8.37. The van der Waals surface area contributed by atoms with Gasteiger partial charge in [0, 0.05) is 23.9 Å². The lowest BCUT2D eigenvalue weighted by atomic mass is 10.1. The molecule has 0 radical (unpaired) electrons. The third-order valence-electron chi connectivity index (χ3n) is 4.62. The van der Waals surface area contributed by atoms with Crippen LogP contribution in [0.2, 0.25) is 5.02 Å². The summed E-state index contributed by atoms with van der Waals surface area (Å²) in [5.74, 6) is 0.921. The van der Waals surface area contributed by atoms with Crippen molar-refractivity contribution in [2.24, 2.45) is 0 Å². The number of amides is 2. The Morgan fingerprint density at radius 3 is 2.24 bits per heavy atom. The number of aryl methyl sites for hydroxylation is 1. The van der Waals surface area contributed by atoms with Crippen molar-refractivity contribution in [2.75, 3.05) is 12.3 Å². The molecule has 0 aliphatic rings. The number of benzene rings is 2. The van der Waals surface area contributed by atoms with Gasteiger partial charge in [0.25, 0.3) is 0 Å². The van der Waals surface area contributed by atoms with E-state index in [4.69, 9.17) is 11.6 Å². The maximum absolute atomic E-state index is 13.1. The Hall–Kier alpha value is -1.98. The standard InChI is InChI=1S/C23H29ClN2O2S/c1-4-21(23(28)25-5-2)26(14-18-8-6-17(3)7-9-18)22(27)16-29-15-19-10-12-20(24)13-11-19/h6-13,21H,4-5,14-16H2,1-3H3,(H,25,28). The van der Waals surface area contributed by atoms with Crippen LogP contribution in [0.25, 0.3) is 0 Å². The van der Waals surface area contributed by atoms with Crippen LogP contribution in [0, 0.1) is 6.92 Å². The van der Waals surface area contributed by atoms with Crippen LogP contribution >= 0.6 is 23.4 Å². The number of carbonyl (C=O) groups excluding carboxylic acids is 2. The number of hydrogen-bond donors (Lipinski definition) is 1. The number of likely N-dealkylation sites (N-methyl/N-ethyl adjacent to an activating group) is 1. The van der Waals surface area contributed by atoms with E-state index in [1.54, 1.807) is 16.7 Å². The van der Waals surface area contributed by atoms with Crippen molar-refractivity contribution in [1.82, 2.24) is 10.2 Å². The van der Waals surface area contributed by atoms with E-state index in [9.17, 15) is 9.59 Å².